The van der Waals surface area contributed by atoms with Crippen LogP contribution in [0.1, 0.15) is 12.8 Å². The predicted octanol–water partition coefficient (Wildman–Crippen LogP) is 3.80. The minimum atomic E-state index is -0.462. The van der Waals surface area contributed by atoms with E-state index in [9.17, 15) is 25.3 Å². The van der Waals surface area contributed by atoms with Crippen molar-refractivity contribution in [2.45, 2.75) is 18.9 Å². The zero-order chi connectivity index (χ0) is 19.1. The first kappa shape index (κ1) is 19.6. The van der Waals surface area contributed by atoms with E-state index in [2.05, 4.69) is 4.90 Å². The van der Waals surface area contributed by atoms with Gasteiger partial charge in [0.05, 0.1) is 16.0 Å². The molecule has 0 atom stereocenters. The van der Waals surface area contributed by atoms with Crippen molar-refractivity contribution < 1.29 is 15.0 Å². The van der Waals surface area contributed by atoms with Crippen molar-refractivity contribution >= 4 is 28.7 Å². The first-order valence-corrected chi connectivity index (χ1v) is 8.32. The van der Waals surface area contributed by atoms with Crippen LogP contribution in [0.3, 0.4) is 0 Å². The molecule has 1 saturated heterocycles. The van der Waals surface area contributed by atoms with Crippen molar-refractivity contribution in [1.82, 2.24) is 0 Å². The van der Waals surface area contributed by atoms with Crippen LogP contribution in [0.2, 0.25) is 5.02 Å². The van der Waals surface area contributed by atoms with E-state index in [1.807, 2.05) is 0 Å². The van der Waals surface area contributed by atoms with Crippen molar-refractivity contribution in [2.75, 3.05) is 18.0 Å². The summed E-state index contributed by atoms with van der Waals surface area (Å²) in [6.07, 6.45) is 1.32. The Bertz CT molecular complexity index is 744. The minimum absolute atomic E-state index is 0.0596. The number of piperidine rings is 1. The molecule has 138 valence electrons. The van der Waals surface area contributed by atoms with Gasteiger partial charge in [0.1, 0.15) is 0 Å². The topological polar surface area (TPSA) is 110 Å². The first-order valence-electron chi connectivity index (χ1n) is 7.94. The van der Waals surface area contributed by atoms with E-state index in [4.69, 9.17) is 11.6 Å². The molecule has 2 aromatic carbocycles. The van der Waals surface area contributed by atoms with Crippen LogP contribution in [0.25, 0.3) is 0 Å². The van der Waals surface area contributed by atoms with Crippen LogP contribution in [-0.2, 0) is 0 Å². The highest BCUT2D eigenvalue weighted by atomic mass is 35.5. The third-order valence-corrected chi connectivity index (χ3v) is 4.18. The highest BCUT2D eigenvalue weighted by Gasteiger charge is 2.17. The monoisotopic (exact) mass is 379 g/mol. The van der Waals surface area contributed by atoms with E-state index in [-0.39, 0.29) is 17.5 Å². The van der Waals surface area contributed by atoms with Gasteiger partial charge in [-0.1, -0.05) is 11.6 Å². The maximum absolute atomic E-state index is 10.5. The lowest BCUT2D eigenvalue weighted by Crippen LogP contribution is -2.35. The Labute approximate surface area is 154 Å². The van der Waals surface area contributed by atoms with Gasteiger partial charge in [0.2, 0.25) is 0 Å². The van der Waals surface area contributed by atoms with Crippen molar-refractivity contribution in [1.29, 1.82) is 0 Å². The molecule has 9 heteroatoms. The zero-order valence-electron chi connectivity index (χ0n) is 13.8. The number of nitro groups is 2. The number of anilines is 1. The second kappa shape index (κ2) is 9.12. The zero-order valence-corrected chi connectivity index (χ0v) is 14.6. The molecule has 0 bridgehead atoms. The summed E-state index contributed by atoms with van der Waals surface area (Å²) in [7, 11) is 0. The van der Waals surface area contributed by atoms with Crippen molar-refractivity contribution in [3.8, 4) is 0 Å². The number of benzene rings is 2. The third kappa shape index (κ3) is 5.68. The summed E-state index contributed by atoms with van der Waals surface area (Å²) in [5.41, 5.74) is 1.16. The van der Waals surface area contributed by atoms with Gasteiger partial charge in [0, 0.05) is 48.1 Å². The second-order valence-corrected chi connectivity index (χ2v) is 6.16. The maximum Gasteiger partial charge on any atom is 0.269 e. The highest BCUT2D eigenvalue weighted by molar-refractivity contribution is 6.30. The van der Waals surface area contributed by atoms with E-state index < -0.39 is 9.85 Å². The minimum Gasteiger partial charge on any atom is -0.393 e. The molecular formula is C17H18ClN3O5. The summed E-state index contributed by atoms with van der Waals surface area (Å²) in [6, 6.07) is 12.2. The smallest absolute Gasteiger partial charge is 0.269 e. The van der Waals surface area contributed by atoms with Crippen LogP contribution < -0.4 is 4.90 Å². The molecule has 0 aromatic heterocycles. The molecule has 1 aliphatic rings. The number of hydrogen-bond donors (Lipinski definition) is 1. The Kier molecular flexibility index (Phi) is 6.88. The van der Waals surface area contributed by atoms with Gasteiger partial charge in [0.25, 0.3) is 11.4 Å². The van der Waals surface area contributed by atoms with Crippen molar-refractivity contribution in [3.63, 3.8) is 0 Å². The number of aliphatic hydroxyl groups excluding tert-OH is 1. The Morgan fingerprint density at radius 2 is 1.31 bits per heavy atom. The Hall–Kier alpha value is -2.71. The van der Waals surface area contributed by atoms with E-state index in [1.54, 1.807) is 12.1 Å². The number of hydrogen-bond acceptors (Lipinski definition) is 6. The summed E-state index contributed by atoms with van der Waals surface area (Å²) < 4.78 is 0. The lowest BCUT2D eigenvalue weighted by molar-refractivity contribution is -0.385. The largest absolute Gasteiger partial charge is 0.393 e. The van der Waals surface area contributed by atoms with Gasteiger partial charge < -0.3 is 10.0 Å². The molecule has 1 fully saturated rings. The van der Waals surface area contributed by atoms with Crippen LogP contribution >= 0.6 is 11.6 Å². The van der Waals surface area contributed by atoms with Gasteiger partial charge in [0.15, 0.2) is 0 Å². The first-order chi connectivity index (χ1) is 12.4. The normalized spacial score (nSPS) is 14.3. The molecule has 26 heavy (non-hydrogen) atoms. The second-order valence-electron chi connectivity index (χ2n) is 5.73. The summed E-state index contributed by atoms with van der Waals surface area (Å²) in [5, 5.41) is 30.4. The van der Waals surface area contributed by atoms with Gasteiger partial charge in [-0.05, 0) is 37.1 Å². The number of halogens is 1. The highest BCUT2D eigenvalue weighted by Crippen LogP contribution is 2.22. The lowest BCUT2D eigenvalue weighted by Gasteiger charge is -2.31. The average Bonchev–Trinajstić information content (AvgIpc) is 2.63. The summed E-state index contributed by atoms with van der Waals surface area (Å²) in [6.45, 7) is 1.61. The number of nitrogens with zero attached hydrogens (tertiary/aromatic N) is 3. The van der Waals surface area contributed by atoms with Gasteiger partial charge in [-0.15, -0.1) is 0 Å². The van der Waals surface area contributed by atoms with E-state index in [1.165, 1.54) is 36.4 Å². The molecule has 8 nitrogen and oxygen atoms in total. The summed E-state index contributed by atoms with van der Waals surface area (Å²) in [5.74, 6) is 0. The lowest BCUT2D eigenvalue weighted by atomic mass is 10.1. The van der Waals surface area contributed by atoms with Crippen LogP contribution in [0.4, 0.5) is 17.1 Å². The molecule has 0 unspecified atom stereocenters. The van der Waals surface area contributed by atoms with Crippen molar-refractivity contribution in [2.24, 2.45) is 0 Å². The molecule has 0 amide bonds. The molecule has 1 aliphatic heterocycles. The number of rotatable bonds is 3. The van der Waals surface area contributed by atoms with Crippen molar-refractivity contribution in [3.05, 3.63) is 73.8 Å². The molecule has 1 N–H and O–H groups in total. The quantitative estimate of drug-likeness (QED) is 0.641. The number of nitro benzene ring substituents is 2. The summed E-state index contributed by atoms with van der Waals surface area (Å²) >= 11 is 5.49. The molecular weight excluding hydrogens is 362 g/mol. The molecule has 2 aromatic rings. The number of non-ortho nitro benzene ring substituents is 2. The molecule has 1 heterocycles. The van der Waals surface area contributed by atoms with E-state index >= 15 is 0 Å². The SMILES string of the molecule is O=[N+]([O-])c1ccc(Cl)cc1.O=[N+]([O-])c1ccc(N2CCC(O)CC2)cc1. The van der Waals surface area contributed by atoms with Crippen LogP contribution in [-0.4, -0.2) is 34.1 Å². The van der Waals surface area contributed by atoms with Crippen LogP contribution in [0.15, 0.2) is 48.5 Å². The molecule has 0 saturated carbocycles. The Balaban J connectivity index is 0.000000209. The third-order valence-electron chi connectivity index (χ3n) is 3.93. The molecule has 0 aliphatic carbocycles. The summed E-state index contributed by atoms with van der Waals surface area (Å²) in [4.78, 5) is 21.8. The number of aliphatic hydroxyl groups is 1. The fraction of sp³-hybridized carbons (Fsp3) is 0.294. The van der Waals surface area contributed by atoms with Gasteiger partial charge >= 0.3 is 0 Å². The van der Waals surface area contributed by atoms with Gasteiger partial charge in [-0.3, -0.25) is 20.2 Å². The predicted molar refractivity (Wildman–Crippen MR) is 98.7 cm³/mol. The van der Waals surface area contributed by atoms with E-state index in [0.29, 0.717) is 5.02 Å². The molecule has 0 radical (unpaired) electrons. The van der Waals surface area contributed by atoms with Crippen LogP contribution in [0.5, 0.6) is 0 Å². The average molecular weight is 380 g/mol. The molecule has 0 spiro atoms. The fourth-order valence-electron chi connectivity index (χ4n) is 2.47. The Morgan fingerprint density at radius 3 is 1.73 bits per heavy atom. The Morgan fingerprint density at radius 1 is 0.885 bits per heavy atom. The standard InChI is InChI=1S/C11H14N2O3.C6H4ClNO2/c14-11-5-7-12(8-6-11)9-1-3-10(4-2-9)13(15)16;7-5-1-3-6(4-2-5)8(9)10/h1-4,11,14H,5-8H2;1-4H. The van der Waals surface area contributed by atoms with Gasteiger partial charge in [-0.25, -0.2) is 0 Å². The van der Waals surface area contributed by atoms with E-state index in [0.717, 1.165) is 31.6 Å². The van der Waals surface area contributed by atoms with Crippen LogP contribution in [0, 0.1) is 20.2 Å². The van der Waals surface area contributed by atoms with Gasteiger partial charge in [-0.2, -0.15) is 0 Å². The molecule has 3 rings (SSSR count). The fourth-order valence-corrected chi connectivity index (χ4v) is 2.60. The maximum atomic E-state index is 10.5.